The number of nitrogens with zero attached hydrogens (tertiary/aromatic N) is 2. The zero-order valence-corrected chi connectivity index (χ0v) is 12.6. The van der Waals surface area contributed by atoms with E-state index in [0.717, 1.165) is 6.20 Å². The van der Waals surface area contributed by atoms with Crippen molar-refractivity contribution in [3.8, 4) is 0 Å². The highest BCUT2D eigenvalue weighted by Gasteiger charge is 2.62. The molecule has 8 nitrogen and oxygen atoms in total. The number of amides is 1. The highest BCUT2D eigenvalue weighted by atomic mass is 19.4. The van der Waals surface area contributed by atoms with E-state index in [1.165, 1.54) is 5.32 Å². The molecule has 2 aromatic rings. The number of rotatable bonds is 6. The van der Waals surface area contributed by atoms with Crippen LogP contribution in [0, 0.1) is 0 Å². The van der Waals surface area contributed by atoms with Crippen LogP contribution in [0.15, 0.2) is 36.5 Å². The maximum Gasteiger partial charge on any atom is 0.422 e. The quantitative estimate of drug-likeness (QED) is 0.723. The number of hydrogen-bond donors (Lipinski definition) is 3. The summed E-state index contributed by atoms with van der Waals surface area (Å²) >= 11 is 0. The number of nitrogens with one attached hydrogen (secondary N) is 2. The average Bonchev–Trinajstić information content (AvgIpc) is 3.05. The number of carboxylic acid groups (broad SMARTS) is 1. The number of aliphatic carboxylic acids is 1. The van der Waals surface area contributed by atoms with Gasteiger partial charge in [-0.2, -0.15) is 28.6 Å². The van der Waals surface area contributed by atoms with Gasteiger partial charge in [0.25, 0.3) is 0 Å². The van der Waals surface area contributed by atoms with E-state index >= 15 is 0 Å². The largest absolute Gasteiger partial charge is 0.479 e. The average molecular weight is 358 g/mol. The van der Waals surface area contributed by atoms with Gasteiger partial charge in [-0.1, -0.05) is 30.3 Å². The summed E-state index contributed by atoms with van der Waals surface area (Å²) < 4.78 is 45.0. The molecule has 25 heavy (non-hydrogen) atoms. The molecule has 0 saturated carbocycles. The summed E-state index contributed by atoms with van der Waals surface area (Å²) in [6.45, 7) is -0.315. The van der Waals surface area contributed by atoms with E-state index in [9.17, 15) is 22.8 Å². The fraction of sp³-hybridized carbons (Fsp3) is 0.286. The molecule has 1 amide bonds. The van der Waals surface area contributed by atoms with Gasteiger partial charge in [0.1, 0.15) is 6.61 Å². The van der Waals surface area contributed by atoms with Gasteiger partial charge in [0.2, 0.25) is 5.54 Å². The molecular weight excluding hydrogens is 345 g/mol. The van der Waals surface area contributed by atoms with Gasteiger partial charge in [-0.3, -0.25) is 5.32 Å². The van der Waals surface area contributed by atoms with Crippen molar-refractivity contribution in [3.63, 3.8) is 0 Å². The molecule has 0 aliphatic carbocycles. The van der Waals surface area contributed by atoms with Gasteiger partial charge in [0, 0.05) is 6.42 Å². The second-order valence-electron chi connectivity index (χ2n) is 5.03. The van der Waals surface area contributed by atoms with Gasteiger partial charge >= 0.3 is 18.2 Å². The number of halogens is 3. The lowest BCUT2D eigenvalue weighted by atomic mass is 9.93. The van der Waals surface area contributed by atoms with E-state index < -0.39 is 30.2 Å². The van der Waals surface area contributed by atoms with Crippen LogP contribution in [-0.2, 0) is 22.6 Å². The molecule has 1 aromatic heterocycles. The fourth-order valence-corrected chi connectivity index (χ4v) is 1.98. The minimum absolute atomic E-state index is 0.289. The number of alkyl halides is 3. The third-order valence-electron chi connectivity index (χ3n) is 3.29. The SMILES string of the molecule is O=C(NC(Cc1cn[nH]n1)(C(=O)O)C(F)(F)F)OCc1ccccc1. The van der Waals surface area contributed by atoms with Crippen LogP contribution in [0.2, 0.25) is 0 Å². The van der Waals surface area contributed by atoms with Crippen molar-refractivity contribution < 1.29 is 32.6 Å². The van der Waals surface area contributed by atoms with Gasteiger partial charge in [0.15, 0.2) is 0 Å². The van der Waals surface area contributed by atoms with E-state index in [0.29, 0.717) is 5.56 Å². The molecule has 134 valence electrons. The van der Waals surface area contributed by atoms with Crippen LogP contribution in [0.25, 0.3) is 0 Å². The monoisotopic (exact) mass is 358 g/mol. The third-order valence-corrected chi connectivity index (χ3v) is 3.29. The van der Waals surface area contributed by atoms with Crippen molar-refractivity contribution >= 4 is 12.1 Å². The number of carboxylic acids is 1. The predicted molar refractivity (Wildman–Crippen MR) is 76.3 cm³/mol. The molecule has 0 fully saturated rings. The molecule has 0 aliphatic heterocycles. The summed E-state index contributed by atoms with van der Waals surface area (Å²) in [6.07, 6.45) is -7.04. The van der Waals surface area contributed by atoms with Crippen LogP contribution in [0.1, 0.15) is 11.3 Å². The van der Waals surface area contributed by atoms with Crippen molar-refractivity contribution in [1.29, 1.82) is 0 Å². The Labute approximate surface area is 139 Å². The topological polar surface area (TPSA) is 117 Å². The minimum Gasteiger partial charge on any atom is -0.479 e. The Balaban J connectivity index is 2.17. The Bertz CT molecular complexity index is 721. The number of aromatic nitrogens is 3. The number of benzene rings is 1. The molecule has 2 rings (SSSR count). The summed E-state index contributed by atoms with van der Waals surface area (Å²) in [5.41, 5.74) is -3.36. The molecule has 0 bridgehead atoms. The lowest BCUT2D eigenvalue weighted by Crippen LogP contribution is -2.65. The first-order valence-electron chi connectivity index (χ1n) is 6.88. The standard InChI is InChI=1S/C14H13F3N4O4/c15-14(16,17)13(11(22)23,6-10-7-18-21-20-10)19-12(24)25-8-9-4-2-1-3-5-9/h1-5,7H,6,8H2,(H,19,24)(H,22,23)(H,18,20,21). The van der Waals surface area contributed by atoms with Gasteiger partial charge in [-0.25, -0.2) is 9.59 Å². The number of ether oxygens (including phenoxy) is 1. The Morgan fingerprint density at radius 1 is 1.24 bits per heavy atom. The molecule has 0 radical (unpaired) electrons. The number of H-pyrrole nitrogens is 1. The molecular formula is C14H13F3N4O4. The van der Waals surface area contributed by atoms with Crippen LogP contribution in [0.4, 0.5) is 18.0 Å². The smallest absolute Gasteiger partial charge is 0.422 e. The molecule has 1 atom stereocenters. The molecule has 3 N–H and O–H groups in total. The first kappa shape index (κ1) is 18.2. The highest BCUT2D eigenvalue weighted by molar-refractivity contribution is 5.85. The lowest BCUT2D eigenvalue weighted by molar-refractivity contribution is -0.208. The summed E-state index contributed by atoms with van der Waals surface area (Å²) in [6, 6.07) is 8.20. The number of alkyl carbamates (subject to hydrolysis) is 1. The Morgan fingerprint density at radius 3 is 2.44 bits per heavy atom. The maximum atomic E-state index is 13.4. The van der Waals surface area contributed by atoms with Gasteiger partial charge < -0.3 is 9.84 Å². The van der Waals surface area contributed by atoms with E-state index in [2.05, 4.69) is 10.2 Å². The third kappa shape index (κ3) is 4.25. The summed E-state index contributed by atoms with van der Waals surface area (Å²) in [5.74, 6) is -2.29. The zero-order valence-electron chi connectivity index (χ0n) is 12.6. The maximum absolute atomic E-state index is 13.4. The fourth-order valence-electron chi connectivity index (χ4n) is 1.98. The number of aromatic amines is 1. The van der Waals surface area contributed by atoms with Gasteiger partial charge in [-0.15, -0.1) is 0 Å². The molecule has 1 heterocycles. The van der Waals surface area contributed by atoms with Crippen molar-refractivity contribution in [3.05, 3.63) is 47.8 Å². The number of carbonyl (C=O) groups is 2. The molecule has 0 spiro atoms. The molecule has 1 aromatic carbocycles. The van der Waals surface area contributed by atoms with Crippen molar-refractivity contribution in [2.24, 2.45) is 0 Å². The summed E-state index contributed by atoms with van der Waals surface area (Å²) in [5, 5.41) is 19.4. The van der Waals surface area contributed by atoms with Crippen LogP contribution in [0.3, 0.4) is 0 Å². The van der Waals surface area contributed by atoms with E-state index in [-0.39, 0.29) is 12.3 Å². The van der Waals surface area contributed by atoms with E-state index in [1.54, 1.807) is 30.3 Å². The Kier molecular flexibility index (Phi) is 5.25. The van der Waals surface area contributed by atoms with Crippen molar-refractivity contribution in [2.45, 2.75) is 24.7 Å². The number of carbonyl (C=O) groups excluding carboxylic acids is 1. The van der Waals surface area contributed by atoms with E-state index in [1.807, 2.05) is 5.21 Å². The lowest BCUT2D eigenvalue weighted by Gasteiger charge is -2.31. The zero-order chi connectivity index (χ0) is 18.5. The van der Waals surface area contributed by atoms with Gasteiger partial charge in [-0.05, 0) is 5.56 Å². The molecule has 1 unspecified atom stereocenters. The minimum atomic E-state index is -5.30. The van der Waals surface area contributed by atoms with Crippen molar-refractivity contribution in [2.75, 3.05) is 0 Å². The highest BCUT2D eigenvalue weighted by Crippen LogP contribution is 2.33. The summed E-state index contributed by atoms with van der Waals surface area (Å²) in [7, 11) is 0. The van der Waals surface area contributed by atoms with E-state index in [4.69, 9.17) is 9.84 Å². The molecule has 0 saturated heterocycles. The Hall–Kier alpha value is -3.11. The van der Waals surface area contributed by atoms with Crippen molar-refractivity contribution in [1.82, 2.24) is 20.7 Å². The first-order chi connectivity index (χ1) is 11.7. The first-order valence-corrected chi connectivity index (χ1v) is 6.88. The Morgan fingerprint density at radius 2 is 1.92 bits per heavy atom. The molecule has 11 heteroatoms. The second kappa shape index (κ2) is 7.20. The predicted octanol–water partition coefficient (Wildman–Crippen LogP) is 1.66. The normalized spacial score (nSPS) is 13.7. The summed E-state index contributed by atoms with van der Waals surface area (Å²) in [4.78, 5) is 23.1. The van der Waals surface area contributed by atoms with Crippen LogP contribution >= 0.6 is 0 Å². The van der Waals surface area contributed by atoms with Crippen LogP contribution < -0.4 is 5.32 Å². The number of hydrogen-bond acceptors (Lipinski definition) is 5. The van der Waals surface area contributed by atoms with Crippen LogP contribution in [0.5, 0.6) is 0 Å². The second-order valence-corrected chi connectivity index (χ2v) is 5.03. The van der Waals surface area contributed by atoms with Gasteiger partial charge in [0.05, 0.1) is 11.9 Å². The molecule has 0 aliphatic rings. The van der Waals surface area contributed by atoms with Crippen LogP contribution in [-0.4, -0.2) is 44.3 Å².